The number of thioether (sulfide) groups is 1. The highest BCUT2D eigenvalue weighted by molar-refractivity contribution is 9.10. The van der Waals surface area contributed by atoms with Gasteiger partial charge in [-0.1, -0.05) is 15.9 Å². The summed E-state index contributed by atoms with van der Waals surface area (Å²) in [5.74, 6) is 1.42. The molecule has 5 nitrogen and oxygen atoms in total. The summed E-state index contributed by atoms with van der Waals surface area (Å²) in [5.41, 5.74) is 2.79. The summed E-state index contributed by atoms with van der Waals surface area (Å²) >= 11 is 4.96. The molecular weight excluding hydrogens is 452 g/mol. The van der Waals surface area contributed by atoms with Crippen molar-refractivity contribution in [3.8, 4) is 11.5 Å². The summed E-state index contributed by atoms with van der Waals surface area (Å²) in [6, 6.07) is 15.1. The lowest BCUT2D eigenvalue weighted by Gasteiger charge is -2.13. The van der Waals surface area contributed by atoms with E-state index in [-0.39, 0.29) is 5.91 Å². The van der Waals surface area contributed by atoms with Crippen LogP contribution in [0.1, 0.15) is 11.1 Å². The largest absolute Gasteiger partial charge is 0.493 e. The number of methoxy groups -OCH3 is 1. The van der Waals surface area contributed by atoms with Gasteiger partial charge in [-0.15, -0.1) is 11.8 Å². The molecule has 2 aromatic carbocycles. The summed E-state index contributed by atoms with van der Waals surface area (Å²) in [6.45, 7) is 2.41. The Morgan fingerprint density at radius 3 is 2.62 bits per heavy atom. The average Bonchev–Trinajstić information content (AvgIpc) is 2.72. The van der Waals surface area contributed by atoms with Crippen molar-refractivity contribution in [3.63, 3.8) is 0 Å². The van der Waals surface area contributed by atoms with Crippen LogP contribution in [0.15, 0.2) is 70.3 Å². The van der Waals surface area contributed by atoms with Gasteiger partial charge < -0.3 is 14.8 Å². The first-order valence-corrected chi connectivity index (χ1v) is 10.7. The number of anilines is 1. The first-order valence-electron chi connectivity index (χ1n) is 8.93. The molecule has 0 spiro atoms. The van der Waals surface area contributed by atoms with Crippen LogP contribution in [0.5, 0.6) is 11.5 Å². The van der Waals surface area contributed by atoms with Gasteiger partial charge in [-0.05, 0) is 60.5 Å². The number of ether oxygens (including phenoxy) is 2. The number of carbonyl (C=O) groups is 1. The van der Waals surface area contributed by atoms with Gasteiger partial charge in [0, 0.05) is 33.5 Å². The van der Waals surface area contributed by atoms with Crippen LogP contribution in [-0.2, 0) is 11.4 Å². The van der Waals surface area contributed by atoms with Gasteiger partial charge in [0.25, 0.3) is 0 Å². The van der Waals surface area contributed by atoms with Gasteiger partial charge in [-0.25, -0.2) is 0 Å². The van der Waals surface area contributed by atoms with Gasteiger partial charge >= 0.3 is 0 Å². The van der Waals surface area contributed by atoms with Crippen LogP contribution in [0.3, 0.4) is 0 Å². The molecule has 1 N–H and O–H groups in total. The number of benzene rings is 2. The van der Waals surface area contributed by atoms with Crippen LogP contribution in [0, 0.1) is 6.92 Å². The molecule has 29 heavy (non-hydrogen) atoms. The monoisotopic (exact) mass is 472 g/mol. The van der Waals surface area contributed by atoms with Crippen LogP contribution in [0.4, 0.5) is 5.69 Å². The van der Waals surface area contributed by atoms with E-state index in [0.717, 1.165) is 20.5 Å². The molecule has 1 amide bonds. The van der Waals surface area contributed by atoms with Crippen LogP contribution in [0.2, 0.25) is 0 Å². The van der Waals surface area contributed by atoms with Gasteiger partial charge in [-0.2, -0.15) is 0 Å². The maximum absolute atomic E-state index is 12.4. The topological polar surface area (TPSA) is 60.5 Å². The molecule has 1 heterocycles. The van der Waals surface area contributed by atoms with Gasteiger partial charge in [0.2, 0.25) is 5.91 Å². The summed E-state index contributed by atoms with van der Waals surface area (Å²) in [6.07, 6.45) is 3.44. The number of nitrogens with one attached hydrogen (secondary N) is 1. The molecule has 0 saturated carbocycles. The van der Waals surface area contributed by atoms with Gasteiger partial charge in [0.15, 0.2) is 11.5 Å². The van der Waals surface area contributed by atoms with E-state index in [1.165, 1.54) is 11.8 Å². The number of carbonyl (C=O) groups excluding carboxylic acids is 1. The van der Waals surface area contributed by atoms with Crippen molar-refractivity contribution in [2.45, 2.75) is 18.4 Å². The Morgan fingerprint density at radius 1 is 1.10 bits per heavy atom. The Morgan fingerprint density at radius 2 is 1.90 bits per heavy atom. The molecule has 150 valence electrons. The number of amides is 1. The highest BCUT2D eigenvalue weighted by Crippen LogP contribution is 2.31. The number of rotatable bonds is 8. The maximum atomic E-state index is 12.4. The predicted molar refractivity (Wildman–Crippen MR) is 120 cm³/mol. The van der Waals surface area contributed by atoms with Crippen molar-refractivity contribution >= 4 is 39.3 Å². The Kier molecular flexibility index (Phi) is 7.55. The fourth-order valence-corrected chi connectivity index (χ4v) is 3.91. The number of hydrogen-bond acceptors (Lipinski definition) is 5. The highest BCUT2D eigenvalue weighted by atomic mass is 79.9. The second-order valence-corrected chi connectivity index (χ2v) is 8.19. The normalized spacial score (nSPS) is 10.4. The standard InChI is InChI=1S/C22H21BrN2O3S/c1-15-11-17(23)3-6-21(15)29-14-22(26)25-18-4-5-19(27-2)20(12-18)28-13-16-7-9-24-10-8-16/h3-12H,13-14H2,1-2H3,(H,25,26). The summed E-state index contributed by atoms with van der Waals surface area (Å²) < 4.78 is 12.3. The van der Waals surface area contributed by atoms with E-state index < -0.39 is 0 Å². The molecule has 3 rings (SSSR count). The molecule has 0 saturated heterocycles. The molecule has 0 atom stereocenters. The van der Waals surface area contributed by atoms with Crippen molar-refractivity contribution < 1.29 is 14.3 Å². The van der Waals surface area contributed by atoms with Crippen molar-refractivity contribution in [1.29, 1.82) is 0 Å². The van der Waals surface area contributed by atoms with E-state index in [2.05, 4.69) is 26.2 Å². The van der Waals surface area contributed by atoms with Gasteiger partial charge in [0.05, 0.1) is 12.9 Å². The number of halogens is 1. The number of aryl methyl sites for hydroxylation is 1. The molecule has 0 aliphatic rings. The quantitative estimate of drug-likeness (QED) is 0.440. The smallest absolute Gasteiger partial charge is 0.234 e. The number of pyridine rings is 1. The van der Waals surface area contributed by atoms with Crippen LogP contribution < -0.4 is 14.8 Å². The first kappa shape index (κ1) is 21.2. The average molecular weight is 473 g/mol. The lowest BCUT2D eigenvalue weighted by atomic mass is 10.2. The third-order valence-electron chi connectivity index (χ3n) is 4.09. The van der Waals surface area contributed by atoms with Crippen molar-refractivity contribution in [1.82, 2.24) is 4.98 Å². The number of nitrogens with zero attached hydrogens (tertiary/aromatic N) is 1. The van der Waals surface area contributed by atoms with Crippen LogP contribution in [0.25, 0.3) is 0 Å². The van der Waals surface area contributed by atoms with E-state index >= 15 is 0 Å². The second-order valence-electron chi connectivity index (χ2n) is 6.26. The van der Waals surface area contributed by atoms with Crippen molar-refractivity contribution in [3.05, 3.63) is 76.5 Å². The Bertz CT molecular complexity index is 983. The Hall–Kier alpha value is -2.51. The van der Waals surface area contributed by atoms with E-state index in [4.69, 9.17) is 9.47 Å². The zero-order valence-corrected chi connectivity index (χ0v) is 18.5. The number of aromatic nitrogens is 1. The predicted octanol–water partition coefficient (Wildman–Crippen LogP) is 5.47. The van der Waals surface area contributed by atoms with Gasteiger partial charge in [0.1, 0.15) is 6.61 Å². The van der Waals surface area contributed by atoms with Crippen molar-refractivity contribution in [2.24, 2.45) is 0 Å². The summed E-state index contributed by atoms with van der Waals surface area (Å²) in [5, 5.41) is 2.92. The van der Waals surface area contributed by atoms with Crippen molar-refractivity contribution in [2.75, 3.05) is 18.2 Å². The zero-order chi connectivity index (χ0) is 20.6. The molecule has 0 unspecified atom stereocenters. The zero-order valence-electron chi connectivity index (χ0n) is 16.1. The number of hydrogen-bond donors (Lipinski definition) is 1. The molecule has 7 heteroatoms. The minimum atomic E-state index is -0.0810. The Balaban J connectivity index is 1.61. The summed E-state index contributed by atoms with van der Waals surface area (Å²) in [7, 11) is 1.59. The summed E-state index contributed by atoms with van der Waals surface area (Å²) in [4.78, 5) is 17.5. The molecule has 0 bridgehead atoms. The van der Waals surface area contributed by atoms with E-state index in [1.54, 1.807) is 37.7 Å². The second kappa shape index (κ2) is 10.3. The maximum Gasteiger partial charge on any atom is 0.234 e. The fourth-order valence-electron chi connectivity index (χ4n) is 2.62. The van der Waals surface area contributed by atoms with E-state index in [1.807, 2.05) is 37.3 Å². The fraction of sp³-hybridized carbons (Fsp3) is 0.182. The molecule has 3 aromatic rings. The minimum absolute atomic E-state index is 0.0810. The van der Waals surface area contributed by atoms with E-state index in [9.17, 15) is 4.79 Å². The van der Waals surface area contributed by atoms with Crippen LogP contribution in [-0.4, -0.2) is 23.8 Å². The molecule has 0 aliphatic heterocycles. The minimum Gasteiger partial charge on any atom is -0.493 e. The van der Waals surface area contributed by atoms with E-state index in [0.29, 0.717) is 29.5 Å². The Labute approximate surface area is 183 Å². The molecule has 0 fully saturated rings. The third-order valence-corrected chi connectivity index (χ3v) is 5.76. The first-order chi connectivity index (χ1) is 14.0. The van der Waals surface area contributed by atoms with Crippen LogP contribution >= 0.6 is 27.7 Å². The lowest BCUT2D eigenvalue weighted by Crippen LogP contribution is -2.14. The highest BCUT2D eigenvalue weighted by Gasteiger charge is 2.10. The van der Waals surface area contributed by atoms with Gasteiger partial charge in [-0.3, -0.25) is 9.78 Å². The molecule has 0 aliphatic carbocycles. The molecular formula is C22H21BrN2O3S. The third kappa shape index (κ3) is 6.24. The lowest BCUT2D eigenvalue weighted by molar-refractivity contribution is -0.113. The molecule has 0 radical (unpaired) electrons. The SMILES string of the molecule is COc1ccc(NC(=O)CSc2ccc(Br)cc2C)cc1OCc1ccncc1. The molecule has 1 aromatic heterocycles.